The predicted molar refractivity (Wildman–Crippen MR) is 82.7 cm³/mol. The summed E-state index contributed by atoms with van der Waals surface area (Å²) in [6, 6.07) is 8.75. The summed E-state index contributed by atoms with van der Waals surface area (Å²) in [6.45, 7) is 4.80. The van der Waals surface area contributed by atoms with Crippen LogP contribution in [-0.2, 0) is 24.5 Å². The van der Waals surface area contributed by atoms with Crippen molar-refractivity contribution in [3.05, 3.63) is 53.3 Å². The summed E-state index contributed by atoms with van der Waals surface area (Å²) < 4.78 is 5.74. The number of nitrogens with zero attached hydrogens (tertiary/aromatic N) is 2. The van der Waals surface area contributed by atoms with Crippen LogP contribution in [0.1, 0.15) is 36.0 Å². The van der Waals surface area contributed by atoms with Crippen molar-refractivity contribution in [1.29, 1.82) is 0 Å². The Morgan fingerprint density at radius 1 is 1.05 bits per heavy atom. The average Bonchev–Trinajstić information content (AvgIpc) is 3.02. The van der Waals surface area contributed by atoms with E-state index in [0.29, 0.717) is 13.2 Å². The zero-order valence-corrected chi connectivity index (χ0v) is 12.4. The largest absolute Gasteiger partial charge is 0.372 e. The molecule has 1 N–H and O–H groups in total. The number of piperidine rings is 1. The molecule has 1 aromatic heterocycles. The lowest BCUT2D eigenvalue weighted by Gasteiger charge is -2.26. The van der Waals surface area contributed by atoms with Gasteiger partial charge in [-0.05, 0) is 37.1 Å². The molecule has 0 bridgehead atoms. The number of aromatic amines is 1. The maximum atomic E-state index is 5.74. The molecule has 0 spiro atoms. The van der Waals surface area contributed by atoms with E-state index in [9.17, 15) is 0 Å². The molecule has 0 amide bonds. The van der Waals surface area contributed by atoms with Crippen molar-refractivity contribution in [2.75, 3.05) is 13.1 Å². The zero-order chi connectivity index (χ0) is 14.3. The van der Waals surface area contributed by atoms with E-state index < -0.39 is 0 Å². The highest BCUT2D eigenvalue weighted by atomic mass is 16.5. The molecule has 4 nitrogen and oxygen atoms in total. The van der Waals surface area contributed by atoms with Gasteiger partial charge >= 0.3 is 0 Å². The molecule has 1 aliphatic heterocycles. The number of rotatable bonds is 6. The van der Waals surface area contributed by atoms with Gasteiger partial charge in [0.25, 0.3) is 0 Å². The van der Waals surface area contributed by atoms with Crippen LogP contribution < -0.4 is 0 Å². The lowest BCUT2D eigenvalue weighted by Crippen LogP contribution is -2.29. The molecule has 0 radical (unpaired) electrons. The van der Waals surface area contributed by atoms with Crippen molar-refractivity contribution in [2.24, 2.45) is 0 Å². The molecule has 2 aromatic rings. The zero-order valence-electron chi connectivity index (χ0n) is 12.4. The van der Waals surface area contributed by atoms with E-state index in [0.717, 1.165) is 12.1 Å². The molecule has 2 heterocycles. The van der Waals surface area contributed by atoms with Crippen molar-refractivity contribution < 1.29 is 4.74 Å². The highest BCUT2D eigenvalue weighted by molar-refractivity contribution is 5.23. The van der Waals surface area contributed by atoms with Crippen LogP contribution in [0.25, 0.3) is 0 Å². The fourth-order valence-electron chi connectivity index (χ4n) is 2.84. The molecule has 0 aliphatic carbocycles. The molecule has 0 atom stereocenters. The Labute approximate surface area is 126 Å². The fourth-order valence-corrected chi connectivity index (χ4v) is 2.84. The Morgan fingerprint density at radius 3 is 2.67 bits per heavy atom. The fraction of sp³-hybridized carbons (Fsp3) is 0.471. The third-order valence-electron chi connectivity index (χ3n) is 3.94. The van der Waals surface area contributed by atoms with E-state index in [-0.39, 0.29) is 0 Å². The van der Waals surface area contributed by atoms with E-state index in [1.165, 1.54) is 43.5 Å². The molecule has 0 saturated carbocycles. The molecule has 1 aliphatic rings. The number of nitrogens with one attached hydrogen (secondary N) is 1. The first-order valence-electron chi connectivity index (χ1n) is 7.76. The van der Waals surface area contributed by atoms with Gasteiger partial charge < -0.3 is 4.74 Å². The van der Waals surface area contributed by atoms with Gasteiger partial charge in [-0.25, -0.2) is 0 Å². The van der Waals surface area contributed by atoms with Crippen LogP contribution in [0.15, 0.2) is 36.7 Å². The molecule has 0 unspecified atom stereocenters. The molecule has 4 heteroatoms. The number of benzene rings is 1. The Balaban J connectivity index is 1.50. The Bertz CT molecular complexity index is 533. The molecule has 112 valence electrons. The lowest BCUT2D eigenvalue weighted by atomic mass is 10.1. The minimum Gasteiger partial charge on any atom is -0.372 e. The van der Waals surface area contributed by atoms with Crippen LogP contribution in [-0.4, -0.2) is 28.2 Å². The van der Waals surface area contributed by atoms with Crippen LogP contribution in [0.2, 0.25) is 0 Å². The third-order valence-corrected chi connectivity index (χ3v) is 3.94. The van der Waals surface area contributed by atoms with Crippen molar-refractivity contribution in [2.45, 2.75) is 39.0 Å². The first kappa shape index (κ1) is 14.3. The molecular formula is C17H23N3O. The maximum absolute atomic E-state index is 5.74. The van der Waals surface area contributed by atoms with Crippen molar-refractivity contribution in [3.63, 3.8) is 0 Å². The molecule has 1 fully saturated rings. The number of likely N-dealkylation sites (tertiary alicyclic amines) is 1. The minimum atomic E-state index is 0.604. The number of ether oxygens (including phenoxy) is 1. The van der Waals surface area contributed by atoms with Gasteiger partial charge in [0.1, 0.15) is 0 Å². The van der Waals surface area contributed by atoms with Crippen molar-refractivity contribution >= 4 is 0 Å². The first-order valence-corrected chi connectivity index (χ1v) is 7.76. The quantitative estimate of drug-likeness (QED) is 0.886. The van der Waals surface area contributed by atoms with Crippen LogP contribution in [0, 0.1) is 0 Å². The van der Waals surface area contributed by atoms with Crippen LogP contribution >= 0.6 is 0 Å². The molecule has 1 saturated heterocycles. The van der Waals surface area contributed by atoms with Gasteiger partial charge in [-0.2, -0.15) is 5.10 Å². The molecule has 3 rings (SSSR count). The average molecular weight is 285 g/mol. The highest BCUT2D eigenvalue weighted by Gasteiger charge is 2.10. The van der Waals surface area contributed by atoms with E-state index in [2.05, 4.69) is 39.4 Å². The smallest absolute Gasteiger partial charge is 0.0752 e. The summed E-state index contributed by atoms with van der Waals surface area (Å²) in [5, 5.41) is 6.71. The molecule has 1 aromatic carbocycles. The summed E-state index contributed by atoms with van der Waals surface area (Å²) in [5.41, 5.74) is 3.72. The van der Waals surface area contributed by atoms with E-state index in [1.54, 1.807) is 6.20 Å². The van der Waals surface area contributed by atoms with Crippen LogP contribution in [0.4, 0.5) is 0 Å². The Hall–Kier alpha value is -1.65. The van der Waals surface area contributed by atoms with Gasteiger partial charge in [-0.15, -0.1) is 0 Å². The maximum Gasteiger partial charge on any atom is 0.0752 e. The monoisotopic (exact) mass is 285 g/mol. The first-order chi connectivity index (χ1) is 10.4. The van der Waals surface area contributed by atoms with Crippen molar-refractivity contribution in [3.8, 4) is 0 Å². The van der Waals surface area contributed by atoms with Gasteiger partial charge in [0.15, 0.2) is 0 Å². The van der Waals surface area contributed by atoms with Crippen LogP contribution in [0.3, 0.4) is 0 Å². The topological polar surface area (TPSA) is 41.1 Å². The second-order valence-corrected chi connectivity index (χ2v) is 5.76. The van der Waals surface area contributed by atoms with Crippen LogP contribution in [0.5, 0.6) is 0 Å². The van der Waals surface area contributed by atoms with Crippen molar-refractivity contribution in [1.82, 2.24) is 15.1 Å². The summed E-state index contributed by atoms with van der Waals surface area (Å²) in [7, 11) is 0. The Morgan fingerprint density at radius 2 is 1.86 bits per heavy atom. The predicted octanol–water partition coefficient (Wildman–Crippen LogP) is 3.11. The second kappa shape index (κ2) is 7.38. The van der Waals surface area contributed by atoms with E-state index in [1.807, 2.05) is 6.20 Å². The Kier molecular flexibility index (Phi) is 5.03. The number of H-pyrrole nitrogens is 1. The van der Waals surface area contributed by atoms with E-state index >= 15 is 0 Å². The second-order valence-electron chi connectivity index (χ2n) is 5.76. The lowest BCUT2D eigenvalue weighted by molar-refractivity contribution is 0.107. The normalized spacial score (nSPS) is 16.2. The summed E-state index contributed by atoms with van der Waals surface area (Å²) in [6.07, 6.45) is 7.74. The van der Waals surface area contributed by atoms with Gasteiger partial charge in [0.05, 0.1) is 19.4 Å². The van der Waals surface area contributed by atoms with Gasteiger partial charge in [0.2, 0.25) is 0 Å². The standard InChI is InChI=1S/C17H23N3O/c1-2-7-20(8-3-1)12-15-5-4-6-16(9-15)13-21-14-17-10-18-19-11-17/h4-6,9-11H,1-3,7-8,12-14H2,(H,18,19). The number of hydrogen-bond acceptors (Lipinski definition) is 3. The minimum absolute atomic E-state index is 0.604. The number of aromatic nitrogens is 2. The highest BCUT2D eigenvalue weighted by Crippen LogP contribution is 2.14. The third kappa shape index (κ3) is 4.41. The number of hydrogen-bond donors (Lipinski definition) is 1. The molecular weight excluding hydrogens is 262 g/mol. The van der Waals surface area contributed by atoms with Gasteiger partial charge in [0, 0.05) is 18.3 Å². The summed E-state index contributed by atoms with van der Waals surface area (Å²) in [5.74, 6) is 0. The SMILES string of the molecule is c1cc(COCc2cn[nH]c2)cc(CN2CCCCC2)c1. The van der Waals surface area contributed by atoms with Gasteiger partial charge in [-0.3, -0.25) is 10.00 Å². The summed E-state index contributed by atoms with van der Waals surface area (Å²) in [4.78, 5) is 2.55. The van der Waals surface area contributed by atoms with E-state index in [4.69, 9.17) is 4.74 Å². The summed E-state index contributed by atoms with van der Waals surface area (Å²) >= 11 is 0. The van der Waals surface area contributed by atoms with Gasteiger partial charge in [-0.1, -0.05) is 30.7 Å². The molecule has 21 heavy (non-hydrogen) atoms.